The maximum absolute atomic E-state index is 11.7. The Morgan fingerprint density at radius 3 is 2.83 bits per heavy atom. The van der Waals surface area contributed by atoms with Gasteiger partial charge in [-0.15, -0.1) is 0 Å². The number of imide groups is 1. The topological polar surface area (TPSA) is 58.6 Å². The number of carbonyl (C=O) groups is 2. The maximum atomic E-state index is 11.7. The molecular weight excluding hydrogens is 232 g/mol. The highest BCUT2D eigenvalue weighted by molar-refractivity contribution is 6.06. The van der Waals surface area contributed by atoms with Gasteiger partial charge < -0.3 is 10.1 Å². The standard InChI is InChI=1S/C13H16N2O3/c1-3-18-10-6-4-5-9(7-10)14-11-8-12(16)15(2)13(11)17/h4-7,11,14H,3,8H2,1-2H3. The minimum absolute atomic E-state index is 0.154. The van der Waals surface area contributed by atoms with Crippen LogP contribution in [0.3, 0.4) is 0 Å². The van der Waals surface area contributed by atoms with Crippen LogP contribution >= 0.6 is 0 Å². The van der Waals surface area contributed by atoms with Crippen LogP contribution < -0.4 is 10.1 Å². The molecule has 0 bridgehead atoms. The van der Waals surface area contributed by atoms with Crippen molar-refractivity contribution in [2.75, 3.05) is 19.0 Å². The number of hydrogen-bond acceptors (Lipinski definition) is 4. The van der Waals surface area contributed by atoms with Crippen molar-refractivity contribution in [1.82, 2.24) is 4.90 Å². The Kier molecular flexibility index (Phi) is 3.50. The molecule has 1 aromatic rings. The fourth-order valence-electron chi connectivity index (χ4n) is 1.91. The lowest BCUT2D eigenvalue weighted by Gasteiger charge is -2.13. The number of ether oxygens (including phenoxy) is 1. The molecule has 1 heterocycles. The van der Waals surface area contributed by atoms with Crippen molar-refractivity contribution >= 4 is 17.5 Å². The molecule has 5 nitrogen and oxygen atoms in total. The van der Waals surface area contributed by atoms with Crippen LogP contribution in [-0.4, -0.2) is 36.4 Å². The summed E-state index contributed by atoms with van der Waals surface area (Å²) in [5.41, 5.74) is 0.780. The second-order valence-corrected chi connectivity index (χ2v) is 4.15. The smallest absolute Gasteiger partial charge is 0.251 e. The van der Waals surface area contributed by atoms with Crippen molar-refractivity contribution < 1.29 is 14.3 Å². The van der Waals surface area contributed by atoms with Gasteiger partial charge in [0.05, 0.1) is 13.0 Å². The SMILES string of the molecule is CCOc1cccc(NC2CC(=O)N(C)C2=O)c1. The van der Waals surface area contributed by atoms with E-state index in [4.69, 9.17) is 4.74 Å². The molecule has 1 aromatic carbocycles. The third kappa shape index (κ3) is 2.45. The summed E-state index contributed by atoms with van der Waals surface area (Å²) in [5, 5.41) is 3.06. The second kappa shape index (κ2) is 5.08. The number of amides is 2. The first-order chi connectivity index (χ1) is 8.61. The summed E-state index contributed by atoms with van der Waals surface area (Å²) in [6, 6.07) is 6.89. The van der Waals surface area contributed by atoms with Crippen LogP contribution in [-0.2, 0) is 9.59 Å². The van der Waals surface area contributed by atoms with E-state index >= 15 is 0 Å². The van der Waals surface area contributed by atoms with Gasteiger partial charge >= 0.3 is 0 Å². The molecule has 1 N–H and O–H groups in total. The number of benzene rings is 1. The average Bonchev–Trinajstić information content (AvgIpc) is 2.58. The summed E-state index contributed by atoms with van der Waals surface area (Å²) in [4.78, 5) is 24.3. The predicted molar refractivity (Wildman–Crippen MR) is 67.4 cm³/mol. The third-order valence-corrected chi connectivity index (χ3v) is 2.87. The Morgan fingerprint density at radius 1 is 1.44 bits per heavy atom. The van der Waals surface area contributed by atoms with E-state index in [0.717, 1.165) is 16.3 Å². The van der Waals surface area contributed by atoms with Crippen molar-refractivity contribution in [3.63, 3.8) is 0 Å². The lowest BCUT2D eigenvalue weighted by atomic mass is 10.2. The van der Waals surface area contributed by atoms with Crippen molar-refractivity contribution in [2.45, 2.75) is 19.4 Å². The highest BCUT2D eigenvalue weighted by Gasteiger charge is 2.35. The number of carbonyl (C=O) groups excluding carboxylic acids is 2. The van der Waals surface area contributed by atoms with E-state index < -0.39 is 6.04 Å². The van der Waals surface area contributed by atoms with E-state index in [-0.39, 0.29) is 18.2 Å². The largest absolute Gasteiger partial charge is 0.494 e. The molecule has 1 aliphatic heterocycles. The van der Waals surface area contributed by atoms with E-state index in [1.165, 1.54) is 7.05 Å². The average molecular weight is 248 g/mol. The summed E-state index contributed by atoms with van der Waals surface area (Å²) >= 11 is 0. The van der Waals surface area contributed by atoms with Crippen LogP contribution in [0.15, 0.2) is 24.3 Å². The van der Waals surface area contributed by atoms with E-state index in [2.05, 4.69) is 5.32 Å². The number of hydrogen-bond donors (Lipinski definition) is 1. The van der Waals surface area contributed by atoms with Crippen molar-refractivity contribution in [3.8, 4) is 5.75 Å². The zero-order chi connectivity index (χ0) is 13.1. The maximum Gasteiger partial charge on any atom is 0.251 e. The van der Waals surface area contributed by atoms with Gasteiger partial charge in [0.2, 0.25) is 5.91 Å². The van der Waals surface area contributed by atoms with Crippen LogP contribution in [0.25, 0.3) is 0 Å². The summed E-state index contributed by atoms with van der Waals surface area (Å²) in [5.74, 6) is 0.396. The number of rotatable bonds is 4. The first-order valence-corrected chi connectivity index (χ1v) is 5.91. The molecule has 5 heteroatoms. The van der Waals surface area contributed by atoms with Crippen LogP contribution in [0, 0.1) is 0 Å². The molecule has 0 aliphatic carbocycles. The molecule has 0 spiro atoms. The van der Waals surface area contributed by atoms with Crippen LogP contribution in [0.5, 0.6) is 5.75 Å². The molecule has 0 aromatic heterocycles. The molecule has 2 amide bonds. The summed E-state index contributed by atoms with van der Waals surface area (Å²) in [6.07, 6.45) is 0.203. The molecule has 2 rings (SSSR count). The van der Waals surface area contributed by atoms with Crippen LogP contribution in [0.4, 0.5) is 5.69 Å². The number of anilines is 1. The Morgan fingerprint density at radius 2 is 2.22 bits per heavy atom. The van der Waals surface area contributed by atoms with Crippen molar-refractivity contribution in [2.24, 2.45) is 0 Å². The van der Waals surface area contributed by atoms with E-state index in [1.807, 2.05) is 31.2 Å². The van der Waals surface area contributed by atoms with Gasteiger partial charge in [-0.3, -0.25) is 14.5 Å². The Bertz CT molecular complexity index is 473. The normalized spacial score (nSPS) is 19.2. The molecular formula is C13H16N2O3. The molecule has 1 atom stereocenters. The van der Waals surface area contributed by atoms with Crippen molar-refractivity contribution in [1.29, 1.82) is 0 Å². The third-order valence-electron chi connectivity index (χ3n) is 2.87. The van der Waals surface area contributed by atoms with E-state index in [0.29, 0.717) is 6.61 Å². The molecule has 96 valence electrons. The van der Waals surface area contributed by atoms with Gasteiger partial charge in [0, 0.05) is 18.8 Å². The molecule has 1 unspecified atom stereocenters. The Hall–Kier alpha value is -2.04. The highest BCUT2D eigenvalue weighted by Crippen LogP contribution is 2.21. The van der Waals surface area contributed by atoms with Gasteiger partial charge in [-0.1, -0.05) is 6.07 Å². The minimum Gasteiger partial charge on any atom is -0.494 e. The predicted octanol–water partition coefficient (Wildman–Crippen LogP) is 1.25. The molecule has 1 aliphatic rings. The Balaban J connectivity index is 2.08. The summed E-state index contributed by atoms with van der Waals surface area (Å²) in [7, 11) is 1.50. The van der Waals surface area contributed by atoms with Crippen molar-refractivity contribution in [3.05, 3.63) is 24.3 Å². The van der Waals surface area contributed by atoms with E-state index in [9.17, 15) is 9.59 Å². The molecule has 0 saturated carbocycles. The van der Waals surface area contributed by atoms with Gasteiger partial charge in [0.1, 0.15) is 11.8 Å². The zero-order valence-corrected chi connectivity index (χ0v) is 10.5. The van der Waals surface area contributed by atoms with Gasteiger partial charge in [-0.2, -0.15) is 0 Å². The number of nitrogens with one attached hydrogen (secondary N) is 1. The number of nitrogens with zero attached hydrogens (tertiary/aromatic N) is 1. The zero-order valence-electron chi connectivity index (χ0n) is 10.5. The molecule has 0 radical (unpaired) electrons. The number of likely N-dealkylation sites (N-methyl/N-ethyl adjacent to an activating group) is 1. The second-order valence-electron chi connectivity index (χ2n) is 4.15. The lowest BCUT2D eigenvalue weighted by Crippen LogP contribution is -2.31. The molecule has 1 saturated heterocycles. The van der Waals surface area contributed by atoms with Gasteiger partial charge in [0.15, 0.2) is 0 Å². The minimum atomic E-state index is -0.473. The molecule has 1 fully saturated rings. The van der Waals surface area contributed by atoms with Crippen LogP contribution in [0.1, 0.15) is 13.3 Å². The van der Waals surface area contributed by atoms with E-state index in [1.54, 1.807) is 0 Å². The quantitative estimate of drug-likeness (QED) is 0.815. The Labute approximate surface area is 106 Å². The summed E-state index contributed by atoms with van der Waals surface area (Å²) in [6.45, 7) is 2.50. The van der Waals surface area contributed by atoms with Gasteiger partial charge in [0.25, 0.3) is 5.91 Å². The summed E-state index contributed by atoms with van der Waals surface area (Å²) < 4.78 is 5.38. The van der Waals surface area contributed by atoms with Gasteiger partial charge in [-0.25, -0.2) is 0 Å². The fourth-order valence-corrected chi connectivity index (χ4v) is 1.91. The first-order valence-electron chi connectivity index (χ1n) is 5.91. The lowest BCUT2D eigenvalue weighted by molar-refractivity contribution is -0.136. The first kappa shape index (κ1) is 12.4. The van der Waals surface area contributed by atoms with Gasteiger partial charge in [-0.05, 0) is 19.1 Å². The monoisotopic (exact) mass is 248 g/mol. The number of likely N-dealkylation sites (tertiary alicyclic amines) is 1. The fraction of sp³-hybridized carbons (Fsp3) is 0.385. The highest BCUT2D eigenvalue weighted by atomic mass is 16.5. The van der Waals surface area contributed by atoms with Crippen LogP contribution in [0.2, 0.25) is 0 Å². The molecule has 18 heavy (non-hydrogen) atoms.